The third-order valence-electron chi connectivity index (χ3n) is 4.85. The molecule has 0 radical (unpaired) electrons. The van der Waals surface area contributed by atoms with Crippen LogP contribution in [0, 0.1) is 10.1 Å². The van der Waals surface area contributed by atoms with E-state index < -0.39 is 22.9 Å². The van der Waals surface area contributed by atoms with Crippen LogP contribution in [-0.4, -0.2) is 35.7 Å². The van der Waals surface area contributed by atoms with Gasteiger partial charge < -0.3 is 14.2 Å². The molecule has 0 aromatic heterocycles. The van der Waals surface area contributed by atoms with Crippen LogP contribution in [0.2, 0.25) is 0 Å². The molecule has 1 N–H and O–H groups in total. The number of para-hydroxylation sites is 2. The fourth-order valence-corrected chi connectivity index (χ4v) is 3.37. The molecule has 11 heteroatoms. The van der Waals surface area contributed by atoms with E-state index in [1.54, 1.807) is 48.5 Å². The minimum atomic E-state index is -1.07. The normalized spacial score (nSPS) is 11.5. The van der Waals surface area contributed by atoms with Gasteiger partial charge in [-0.2, -0.15) is 5.10 Å². The van der Waals surface area contributed by atoms with Crippen LogP contribution in [0.1, 0.15) is 36.2 Å². The summed E-state index contributed by atoms with van der Waals surface area (Å²) >= 11 is 3.36. The summed E-state index contributed by atoms with van der Waals surface area (Å²) in [6.07, 6.45) is 1.12. The molecule has 0 fully saturated rings. The molecule has 0 bridgehead atoms. The van der Waals surface area contributed by atoms with Gasteiger partial charge in [0.2, 0.25) is 0 Å². The summed E-state index contributed by atoms with van der Waals surface area (Å²) in [6, 6.07) is 17.3. The van der Waals surface area contributed by atoms with Crippen molar-refractivity contribution in [2.75, 3.05) is 6.61 Å². The number of carbonyl (C=O) groups excluding carboxylic acids is 2. The van der Waals surface area contributed by atoms with Crippen LogP contribution in [0.4, 0.5) is 5.69 Å². The summed E-state index contributed by atoms with van der Waals surface area (Å²) in [6.45, 7) is 4.02. The maximum atomic E-state index is 12.6. The first-order valence-corrected chi connectivity index (χ1v) is 12.1. The van der Waals surface area contributed by atoms with Crippen molar-refractivity contribution in [3.8, 4) is 17.2 Å². The van der Waals surface area contributed by atoms with Gasteiger partial charge in [-0.15, -0.1) is 0 Å². The highest BCUT2D eigenvalue weighted by Gasteiger charge is 2.20. The fourth-order valence-electron chi connectivity index (χ4n) is 2.99. The Labute approximate surface area is 221 Å². The van der Waals surface area contributed by atoms with Gasteiger partial charge in [0.15, 0.2) is 11.9 Å². The van der Waals surface area contributed by atoms with Gasteiger partial charge >= 0.3 is 11.7 Å². The highest BCUT2D eigenvalue weighted by atomic mass is 79.9. The van der Waals surface area contributed by atoms with Crippen LogP contribution < -0.4 is 19.6 Å². The van der Waals surface area contributed by atoms with Crippen molar-refractivity contribution < 1.29 is 28.7 Å². The van der Waals surface area contributed by atoms with E-state index in [4.69, 9.17) is 14.2 Å². The SMILES string of the molecule is CCCOc1ccc(C(=O)Oc2ccc(Br)cc2/C=N\NC(=O)[C@H](C)Oc2ccccc2[N+](=O)[O-])cc1. The summed E-state index contributed by atoms with van der Waals surface area (Å²) in [4.78, 5) is 35.6. The Morgan fingerprint density at radius 3 is 2.54 bits per heavy atom. The van der Waals surface area contributed by atoms with Crippen molar-refractivity contribution in [3.63, 3.8) is 0 Å². The van der Waals surface area contributed by atoms with E-state index >= 15 is 0 Å². The number of esters is 1. The summed E-state index contributed by atoms with van der Waals surface area (Å²) in [5.41, 5.74) is 2.82. The zero-order chi connectivity index (χ0) is 26.8. The van der Waals surface area contributed by atoms with Crippen LogP contribution >= 0.6 is 15.9 Å². The molecular weight excluding hydrogens is 546 g/mol. The lowest BCUT2D eigenvalue weighted by Crippen LogP contribution is -2.33. The van der Waals surface area contributed by atoms with Crippen LogP contribution in [0.5, 0.6) is 17.2 Å². The van der Waals surface area contributed by atoms with Crippen LogP contribution in [0.3, 0.4) is 0 Å². The van der Waals surface area contributed by atoms with Gasteiger partial charge in [-0.3, -0.25) is 14.9 Å². The maximum absolute atomic E-state index is 12.6. The van der Waals surface area contributed by atoms with E-state index in [0.717, 1.165) is 6.42 Å². The molecular formula is C26H24BrN3O7. The average molecular weight is 570 g/mol. The fraction of sp³-hybridized carbons (Fsp3) is 0.192. The largest absolute Gasteiger partial charge is 0.494 e. The Morgan fingerprint density at radius 1 is 1.11 bits per heavy atom. The number of hydrogen-bond acceptors (Lipinski definition) is 8. The molecule has 1 atom stereocenters. The zero-order valence-corrected chi connectivity index (χ0v) is 21.6. The van der Waals surface area contributed by atoms with E-state index in [1.807, 2.05) is 6.92 Å². The molecule has 0 saturated carbocycles. The summed E-state index contributed by atoms with van der Waals surface area (Å²) in [5.74, 6) is -0.361. The lowest BCUT2D eigenvalue weighted by molar-refractivity contribution is -0.386. The maximum Gasteiger partial charge on any atom is 0.343 e. The smallest absolute Gasteiger partial charge is 0.343 e. The number of nitro benzene ring substituents is 1. The number of hydrazone groups is 1. The Hall–Kier alpha value is -4.25. The van der Waals surface area contributed by atoms with Gasteiger partial charge in [0.05, 0.1) is 23.3 Å². The molecule has 3 rings (SSSR count). The minimum absolute atomic E-state index is 0.0368. The number of ether oxygens (including phenoxy) is 3. The second-order valence-electron chi connectivity index (χ2n) is 7.66. The van der Waals surface area contributed by atoms with Crippen LogP contribution in [0.15, 0.2) is 76.3 Å². The molecule has 37 heavy (non-hydrogen) atoms. The Kier molecular flexibility index (Phi) is 9.73. The van der Waals surface area contributed by atoms with Gasteiger partial charge in [-0.1, -0.05) is 35.0 Å². The number of carbonyl (C=O) groups is 2. The molecule has 0 aliphatic carbocycles. The molecule has 0 heterocycles. The first-order chi connectivity index (χ1) is 17.8. The first kappa shape index (κ1) is 27.3. The molecule has 0 aliphatic rings. The molecule has 3 aromatic carbocycles. The standard InChI is InChI=1S/C26H24BrN3O7/c1-3-14-35-21-11-8-18(9-12-21)26(32)37-23-13-10-20(27)15-19(23)16-28-29-25(31)17(2)36-24-7-5-4-6-22(24)30(33)34/h4-13,15-17H,3,14H2,1-2H3,(H,29,31)/b28-16-/t17-/m0/s1. The van der Waals surface area contributed by atoms with Crippen molar-refractivity contribution in [3.05, 3.63) is 92.4 Å². The van der Waals surface area contributed by atoms with E-state index in [9.17, 15) is 19.7 Å². The summed E-state index contributed by atoms with van der Waals surface area (Å²) in [7, 11) is 0. The summed E-state index contributed by atoms with van der Waals surface area (Å²) in [5, 5.41) is 15.1. The van der Waals surface area contributed by atoms with Crippen LogP contribution in [-0.2, 0) is 4.79 Å². The molecule has 0 spiro atoms. The Bertz CT molecular complexity index is 1300. The van der Waals surface area contributed by atoms with Gasteiger partial charge in [0.1, 0.15) is 11.5 Å². The number of nitro groups is 1. The lowest BCUT2D eigenvalue weighted by Gasteiger charge is -2.13. The third kappa shape index (κ3) is 7.87. The number of hydrogen-bond donors (Lipinski definition) is 1. The van der Waals surface area contributed by atoms with E-state index in [1.165, 1.54) is 31.3 Å². The Balaban J connectivity index is 1.65. The quantitative estimate of drug-likeness (QED) is 0.109. The molecule has 1 amide bonds. The van der Waals surface area contributed by atoms with Gasteiger partial charge in [-0.05, 0) is 61.9 Å². The number of benzene rings is 3. The molecule has 0 saturated heterocycles. The van der Waals surface area contributed by atoms with Gasteiger partial charge in [0.25, 0.3) is 5.91 Å². The molecule has 0 aliphatic heterocycles. The predicted octanol–water partition coefficient (Wildman–Crippen LogP) is 5.28. The average Bonchev–Trinajstić information content (AvgIpc) is 2.89. The van der Waals surface area contributed by atoms with Gasteiger partial charge in [0, 0.05) is 16.1 Å². The number of halogens is 1. The van der Waals surface area contributed by atoms with E-state index in [-0.39, 0.29) is 17.2 Å². The van der Waals surface area contributed by atoms with Crippen molar-refractivity contribution in [1.82, 2.24) is 5.43 Å². The van der Waals surface area contributed by atoms with Gasteiger partial charge in [-0.25, -0.2) is 10.2 Å². The van der Waals surface area contributed by atoms with Crippen molar-refractivity contribution >= 4 is 39.7 Å². The molecule has 192 valence electrons. The second kappa shape index (κ2) is 13.2. The summed E-state index contributed by atoms with van der Waals surface area (Å²) < 4.78 is 17.2. The predicted molar refractivity (Wildman–Crippen MR) is 140 cm³/mol. The number of amides is 1. The van der Waals surface area contributed by atoms with E-state index in [0.29, 0.717) is 28.0 Å². The number of nitrogens with one attached hydrogen (secondary N) is 1. The molecule has 3 aromatic rings. The van der Waals surface area contributed by atoms with Crippen molar-refractivity contribution in [2.45, 2.75) is 26.4 Å². The molecule has 0 unspecified atom stereocenters. The van der Waals surface area contributed by atoms with Crippen LogP contribution in [0.25, 0.3) is 0 Å². The van der Waals surface area contributed by atoms with Crippen molar-refractivity contribution in [1.29, 1.82) is 0 Å². The highest BCUT2D eigenvalue weighted by Crippen LogP contribution is 2.27. The monoisotopic (exact) mass is 569 g/mol. The highest BCUT2D eigenvalue weighted by molar-refractivity contribution is 9.10. The third-order valence-corrected chi connectivity index (χ3v) is 5.34. The number of nitrogens with zero attached hydrogens (tertiary/aromatic N) is 2. The minimum Gasteiger partial charge on any atom is -0.494 e. The molecule has 10 nitrogen and oxygen atoms in total. The Morgan fingerprint density at radius 2 is 1.84 bits per heavy atom. The lowest BCUT2D eigenvalue weighted by atomic mass is 10.2. The van der Waals surface area contributed by atoms with Crippen molar-refractivity contribution in [2.24, 2.45) is 5.10 Å². The second-order valence-corrected chi connectivity index (χ2v) is 8.58. The number of rotatable bonds is 11. The van der Waals surface area contributed by atoms with E-state index in [2.05, 4.69) is 26.5 Å². The first-order valence-electron chi connectivity index (χ1n) is 11.3. The topological polar surface area (TPSA) is 129 Å². The zero-order valence-electron chi connectivity index (χ0n) is 20.0.